The summed E-state index contributed by atoms with van der Waals surface area (Å²) in [4.78, 5) is 33.9. The fourth-order valence-electron chi connectivity index (χ4n) is 4.43. The van der Waals surface area contributed by atoms with Gasteiger partial charge >= 0.3 is 6.03 Å². The van der Waals surface area contributed by atoms with Gasteiger partial charge in [-0.3, -0.25) is 14.5 Å². The van der Waals surface area contributed by atoms with Crippen LogP contribution in [0.4, 0.5) is 14.9 Å². The molecule has 0 spiro atoms. The van der Waals surface area contributed by atoms with E-state index in [-0.39, 0.29) is 23.7 Å². The maximum Gasteiger partial charge on any atom is 0.319 e. The van der Waals surface area contributed by atoms with E-state index in [9.17, 15) is 14.0 Å². The lowest BCUT2D eigenvalue weighted by molar-refractivity contribution is -0.133. The zero-order valence-electron chi connectivity index (χ0n) is 22.0. The van der Waals surface area contributed by atoms with Gasteiger partial charge in [0.05, 0.1) is 27.8 Å². The molecule has 1 saturated heterocycles. The van der Waals surface area contributed by atoms with Gasteiger partial charge in [-0.05, 0) is 38.1 Å². The highest BCUT2D eigenvalue weighted by Crippen LogP contribution is 2.39. The molecule has 4 aromatic rings. The zero-order valence-corrected chi connectivity index (χ0v) is 22.8. The fraction of sp³-hybridized carbons (Fsp3) is 0.370. The monoisotopic (exact) mass is 564 g/mol. The molecule has 1 aromatic carbocycles. The number of hydrogen-bond acceptors (Lipinski definition) is 8. The summed E-state index contributed by atoms with van der Waals surface area (Å²) in [5.74, 6) is 0.0136. The van der Waals surface area contributed by atoms with Crippen molar-refractivity contribution in [2.75, 3.05) is 38.5 Å². The van der Waals surface area contributed by atoms with Gasteiger partial charge in [0.25, 0.3) is 0 Å². The summed E-state index contributed by atoms with van der Waals surface area (Å²) in [6.45, 7) is 3.72. The summed E-state index contributed by atoms with van der Waals surface area (Å²) in [5, 5.41) is 13.9. The average Bonchev–Trinajstić information content (AvgIpc) is 3.43. The standard InChI is InChI=1S/C27H29FN8O3S/c1-34-10-12-35(13-11-34)25(37)7-9-36-16-21(32-33-36)24-15-20-26(40-24)23(6-8-29-20)39-22-5-4-18(14-19(22)28)31-27(38)30-17-2-3-17/h4-6,8,14-17H,2-3,7,9-13H2,1H3,(H2,30,31,38). The van der Waals surface area contributed by atoms with Gasteiger partial charge in [-0.2, -0.15) is 0 Å². The molecule has 6 rings (SSSR count). The summed E-state index contributed by atoms with van der Waals surface area (Å²) < 4.78 is 23.2. The molecule has 3 amide bonds. The number of benzene rings is 1. The van der Waals surface area contributed by atoms with Crippen molar-refractivity contribution in [1.29, 1.82) is 0 Å². The number of piperazine rings is 1. The number of nitrogens with zero attached hydrogens (tertiary/aromatic N) is 6. The number of urea groups is 1. The third kappa shape index (κ3) is 6.05. The molecule has 3 aromatic heterocycles. The Labute approximate surface area is 233 Å². The van der Waals surface area contributed by atoms with Crippen molar-refractivity contribution >= 4 is 39.2 Å². The minimum Gasteiger partial charge on any atom is -0.453 e. The molecule has 1 aliphatic heterocycles. The molecule has 0 unspecified atom stereocenters. The third-order valence-corrected chi connectivity index (χ3v) is 8.06. The van der Waals surface area contributed by atoms with E-state index in [2.05, 4.69) is 37.9 Å². The first-order valence-corrected chi connectivity index (χ1v) is 14.0. The Bertz CT molecular complexity index is 1540. The van der Waals surface area contributed by atoms with Crippen LogP contribution in [0.3, 0.4) is 0 Å². The van der Waals surface area contributed by atoms with Crippen molar-refractivity contribution in [3.8, 4) is 22.1 Å². The summed E-state index contributed by atoms with van der Waals surface area (Å²) in [7, 11) is 2.06. The third-order valence-electron chi connectivity index (χ3n) is 6.90. The summed E-state index contributed by atoms with van der Waals surface area (Å²) in [6.07, 6.45) is 5.72. The average molecular weight is 565 g/mol. The van der Waals surface area contributed by atoms with E-state index in [1.807, 2.05) is 17.2 Å². The molecule has 1 aliphatic carbocycles. The van der Waals surface area contributed by atoms with Crippen LogP contribution < -0.4 is 15.4 Å². The van der Waals surface area contributed by atoms with Crippen LogP contribution in [0.25, 0.3) is 20.8 Å². The maximum atomic E-state index is 14.8. The number of rotatable bonds is 8. The minimum atomic E-state index is -0.597. The molecule has 11 nitrogen and oxygen atoms in total. The van der Waals surface area contributed by atoms with Gasteiger partial charge in [-0.25, -0.2) is 9.18 Å². The Hall–Kier alpha value is -4.10. The molecule has 2 N–H and O–H groups in total. The summed E-state index contributed by atoms with van der Waals surface area (Å²) in [5.41, 5.74) is 1.69. The number of aromatic nitrogens is 4. The van der Waals surface area contributed by atoms with Crippen molar-refractivity contribution in [2.24, 2.45) is 0 Å². The molecule has 2 fully saturated rings. The predicted molar refractivity (Wildman–Crippen MR) is 149 cm³/mol. The number of halogens is 1. The molecular weight excluding hydrogens is 535 g/mol. The van der Waals surface area contributed by atoms with E-state index in [0.717, 1.165) is 48.6 Å². The minimum absolute atomic E-state index is 0.0339. The molecule has 2 aliphatic rings. The van der Waals surface area contributed by atoms with E-state index in [0.29, 0.717) is 35.6 Å². The molecule has 40 heavy (non-hydrogen) atoms. The quantitative estimate of drug-likeness (QED) is 0.333. The van der Waals surface area contributed by atoms with Crippen LogP contribution in [-0.2, 0) is 11.3 Å². The van der Waals surface area contributed by atoms with Gasteiger partial charge in [0.2, 0.25) is 5.91 Å². The van der Waals surface area contributed by atoms with Crippen molar-refractivity contribution < 1.29 is 18.7 Å². The molecule has 13 heteroatoms. The number of pyridine rings is 1. The Morgan fingerprint density at radius 1 is 1.12 bits per heavy atom. The van der Waals surface area contributed by atoms with Crippen molar-refractivity contribution in [3.63, 3.8) is 0 Å². The number of carbonyl (C=O) groups excluding carboxylic acids is 2. The van der Waals surface area contributed by atoms with Crippen LogP contribution in [0, 0.1) is 5.82 Å². The van der Waals surface area contributed by atoms with Gasteiger partial charge < -0.3 is 25.2 Å². The van der Waals surface area contributed by atoms with Crippen LogP contribution in [0.2, 0.25) is 0 Å². The lowest BCUT2D eigenvalue weighted by Crippen LogP contribution is -2.47. The first-order chi connectivity index (χ1) is 19.4. The summed E-state index contributed by atoms with van der Waals surface area (Å²) >= 11 is 1.41. The number of thiophene rings is 1. The number of likely N-dealkylation sites (N-methyl/N-ethyl adjacent to an activating group) is 1. The van der Waals surface area contributed by atoms with Gasteiger partial charge in [-0.15, -0.1) is 16.4 Å². The molecule has 208 valence electrons. The van der Waals surface area contributed by atoms with E-state index in [1.54, 1.807) is 23.0 Å². The van der Waals surface area contributed by atoms with Crippen LogP contribution in [0.15, 0.2) is 42.7 Å². The van der Waals surface area contributed by atoms with Crippen LogP contribution in [-0.4, -0.2) is 81.0 Å². The molecule has 1 saturated carbocycles. The van der Waals surface area contributed by atoms with Crippen LogP contribution >= 0.6 is 11.3 Å². The largest absolute Gasteiger partial charge is 0.453 e. The van der Waals surface area contributed by atoms with E-state index in [4.69, 9.17) is 4.74 Å². The molecule has 0 bridgehead atoms. The first-order valence-electron chi connectivity index (χ1n) is 13.2. The van der Waals surface area contributed by atoms with E-state index in [1.165, 1.54) is 23.5 Å². The molecule has 0 atom stereocenters. The maximum absolute atomic E-state index is 14.8. The lowest BCUT2D eigenvalue weighted by atomic mass is 10.3. The van der Waals surface area contributed by atoms with Gasteiger partial charge in [0.15, 0.2) is 11.6 Å². The highest BCUT2D eigenvalue weighted by Gasteiger charge is 2.23. The number of hydrogen-bond donors (Lipinski definition) is 2. The topological polar surface area (TPSA) is 118 Å². The van der Waals surface area contributed by atoms with Gasteiger partial charge in [-0.1, -0.05) is 5.21 Å². The number of ether oxygens (including phenoxy) is 1. The van der Waals surface area contributed by atoms with E-state index < -0.39 is 5.82 Å². The Kier molecular flexibility index (Phi) is 7.30. The second-order valence-corrected chi connectivity index (χ2v) is 11.1. The van der Waals surface area contributed by atoms with Crippen molar-refractivity contribution in [3.05, 3.63) is 48.5 Å². The number of fused-ring (bicyclic) bond motifs is 1. The van der Waals surface area contributed by atoms with Crippen LogP contribution in [0.1, 0.15) is 19.3 Å². The molecular formula is C27H29FN8O3S. The molecule has 4 heterocycles. The second kappa shape index (κ2) is 11.2. The van der Waals surface area contributed by atoms with Gasteiger partial charge in [0.1, 0.15) is 11.4 Å². The van der Waals surface area contributed by atoms with E-state index >= 15 is 0 Å². The highest BCUT2D eigenvalue weighted by molar-refractivity contribution is 7.22. The summed E-state index contributed by atoms with van der Waals surface area (Å²) in [6, 6.07) is 7.73. The smallest absolute Gasteiger partial charge is 0.319 e. The predicted octanol–water partition coefficient (Wildman–Crippen LogP) is 3.93. The first kappa shape index (κ1) is 26.1. The second-order valence-electron chi connectivity index (χ2n) is 10.1. The Morgan fingerprint density at radius 2 is 1.95 bits per heavy atom. The Morgan fingerprint density at radius 3 is 2.73 bits per heavy atom. The lowest BCUT2D eigenvalue weighted by Gasteiger charge is -2.32. The number of aryl methyl sites for hydroxylation is 1. The molecule has 0 radical (unpaired) electrons. The SMILES string of the molecule is CN1CCN(C(=O)CCn2cc(-c3cc4nccc(Oc5ccc(NC(=O)NC6CC6)cc5F)c4s3)nn2)CC1. The number of anilines is 1. The normalized spacial score (nSPS) is 15.8. The zero-order chi connectivity index (χ0) is 27.6. The number of carbonyl (C=O) groups is 2. The van der Waals surface area contributed by atoms with Crippen molar-refractivity contribution in [2.45, 2.75) is 31.8 Å². The fourth-order valence-corrected chi connectivity index (χ4v) is 5.44. The van der Waals surface area contributed by atoms with Crippen molar-refractivity contribution in [1.82, 2.24) is 35.1 Å². The van der Waals surface area contributed by atoms with Gasteiger partial charge in [0, 0.05) is 62.7 Å². The number of amides is 3. The Balaban J connectivity index is 1.12. The number of nitrogens with one attached hydrogen (secondary N) is 2. The highest BCUT2D eigenvalue weighted by atomic mass is 32.1. The van der Waals surface area contributed by atoms with Crippen LogP contribution in [0.5, 0.6) is 11.5 Å².